The molecule has 1 N–H and O–H groups in total. The number of ether oxygens (including phenoxy) is 1. The van der Waals surface area contributed by atoms with Gasteiger partial charge in [0.15, 0.2) is 0 Å². The molecule has 0 aromatic rings. The lowest BCUT2D eigenvalue weighted by Gasteiger charge is -2.07. The Morgan fingerprint density at radius 3 is 2.50 bits per heavy atom. The molecular weight excluding hydrogens is 225 g/mol. The summed E-state index contributed by atoms with van der Waals surface area (Å²) in [6.07, 6.45) is -4.15. The van der Waals surface area contributed by atoms with Gasteiger partial charge in [-0.15, -0.1) is 0 Å². The Labute approximate surface area is 90.9 Å². The second-order valence-corrected chi connectivity index (χ2v) is 3.99. The van der Waals surface area contributed by atoms with Crippen LogP contribution in [0.4, 0.5) is 13.2 Å². The number of carbonyl (C=O) groups excluding carboxylic acids is 1. The first-order valence-corrected chi connectivity index (χ1v) is 4.75. The lowest BCUT2D eigenvalue weighted by molar-refractivity contribution is -0.173. The molecule has 7 heteroatoms. The Kier molecular flexibility index (Phi) is 3.57. The van der Waals surface area contributed by atoms with Crippen LogP contribution in [-0.4, -0.2) is 36.7 Å². The zero-order valence-electron chi connectivity index (χ0n) is 9.02. The second kappa shape index (κ2) is 4.40. The van der Waals surface area contributed by atoms with Gasteiger partial charge in [-0.2, -0.15) is 13.2 Å². The topological polar surface area (TPSA) is 50.7 Å². The molecule has 1 amide bonds. The third-order valence-electron chi connectivity index (χ3n) is 1.98. The molecule has 1 rings (SSSR count). The van der Waals surface area contributed by atoms with Crippen molar-refractivity contribution in [2.24, 2.45) is 4.99 Å². The van der Waals surface area contributed by atoms with Crippen molar-refractivity contribution in [1.29, 1.82) is 0 Å². The molecular formula is C9H13F3N2O2. The molecule has 1 aliphatic rings. The van der Waals surface area contributed by atoms with E-state index in [0.717, 1.165) is 0 Å². The fraction of sp³-hybridized carbons (Fsp3) is 0.778. The van der Waals surface area contributed by atoms with Crippen LogP contribution in [0.3, 0.4) is 0 Å². The van der Waals surface area contributed by atoms with Gasteiger partial charge in [-0.05, 0) is 13.8 Å². The average molecular weight is 238 g/mol. The van der Waals surface area contributed by atoms with Crippen LogP contribution in [0.5, 0.6) is 0 Å². The highest BCUT2D eigenvalue weighted by molar-refractivity contribution is 6.07. The predicted molar refractivity (Wildman–Crippen MR) is 51.1 cm³/mol. The monoisotopic (exact) mass is 238 g/mol. The van der Waals surface area contributed by atoms with Gasteiger partial charge in [0, 0.05) is 6.42 Å². The van der Waals surface area contributed by atoms with E-state index in [9.17, 15) is 18.0 Å². The number of alkyl halides is 3. The number of nitrogens with zero attached hydrogens (tertiary/aromatic N) is 1. The van der Waals surface area contributed by atoms with E-state index in [4.69, 9.17) is 0 Å². The minimum atomic E-state index is -4.32. The fourth-order valence-corrected chi connectivity index (χ4v) is 1.18. The summed E-state index contributed by atoms with van der Waals surface area (Å²) in [7, 11) is 0. The van der Waals surface area contributed by atoms with Crippen molar-refractivity contribution >= 4 is 11.7 Å². The zero-order chi connectivity index (χ0) is 12.4. The normalized spacial score (nSPS) is 19.6. The molecule has 0 unspecified atom stereocenters. The second-order valence-electron chi connectivity index (χ2n) is 3.99. The number of aliphatic imine (C=N–C) groups is 1. The Hall–Kier alpha value is -1.11. The summed E-state index contributed by atoms with van der Waals surface area (Å²) in [5.74, 6) is 0.121. The maximum absolute atomic E-state index is 11.7. The highest BCUT2D eigenvalue weighted by atomic mass is 19.4. The Morgan fingerprint density at radius 2 is 2.06 bits per heavy atom. The zero-order valence-corrected chi connectivity index (χ0v) is 9.02. The third kappa shape index (κ3) is 3.80. The molecule has 16 heavy (non-hydrogen) atoms. The van der Waals surface area contributed by atoms with Crippen molar-refractivity contribution in [3.05, 3.63) is 0 Å². The molecule has 0 radical (unpaired) electrons. The lowest BCUT2D eigenvalue weighted by Crippen LogP contribution is -2.34. The van der Waals surface area contributed by atoms with Crippen LogP contribution in [0.25, 0.3) is 0 Å². The molecule has 1 aliphatic heterocycles. The van der Waals surface area contributed by atoms with E-state index in [-0.39, 0.29) is 18.9 Å². The van der Waals surface area contributed by atoms with Crippen molar-refractivity contribution in [2.75, 3.05) is 13.2 Å². The quantitative estimate of drug-likeness (QED) is 0.750. The van der Waals surface area contributed by atoms with Gasteiger partial charge < -0.3 is 10.1 Å². The van der Waals surface area contributed by atoms with Crippen molar-refractivity contribution in [3.8, 4) is 0 Å². The first kappa shape index (κ1) is 13.0. The van der Waals surface area contributed by atoms with Gasteiger partial charge in [-0.25, -0.2) is 0 Å². The smallest absolute Gasteiger partial charge is 0.372 e. The highest BCUT2D eigenvalue weighted by Crippen LogP contribution is 2.16. The van der Waals surface area contributed by atoms with E-state index in [0.29, 0.717) is 5.84 Å². The first-order chi connectivity index (χ1) is 7.21. The summed E-state index contributed by atoms with van der Waals surface area (Å²) in [5.41, 5.74) is -0.834. The van der Waals surface area contributed by atoms with Crippen LogP contribution < -0.4 is 5.32 Å². The van der Waals surface area contributed by atoms with Crippen LogP contribution in [-0.2, 0) is 9.53 Å². The summed E-state index contributed by atoms with van der Waals surface area (Å²) in [6, 6.07) is 0. The van der Waals surface area contributed by atoms with Gasteiger partial charge in [-0.3, -0.25) is 9.79 Å². The van der Waals surface area contributed by atoms with E-state index in [1.807, 2.05) is 0 Å². The molecule has 0 saturated carbocycles. The third-order valence-corrected chi connectivity index (χ3v) is 1.98. The summed E-state index contributed by atoms with van der Waals surface area (Å²) in [6.45, 7) is 1.87. The molecule has 92 valence electrons. The molecule has 0 saturated heterocycles. The molecule has 0 aliphatic carbocycles. The van der Waals surface area contributed by atoms with Crippen molar-refractivity contribution in [2.45, 2.75) is 32.0 Å². The summed E-state index contributed by atoms with van der Waals surface area (Å²) in [4.78, 5) is 15.3. The molecule has 0 spiro atoms. The largest absolute Gasteiger partial charge is 0.411 e. The van der Waals surface area contributed by atoms with E-state index in [2.05, 4.69) is 15.0 Å². The number of amides is 1. The van der Waals surface area contributed by atoms with E-state index < -0.39 is 18.3 Å². The van der Waals surface area contributed by atoms with Gasteiger partial charge >= 0.3 is 6.18 Å². The number of halogens is 3. The molecule has 0 aromatic carbocycles. The standard InChI is InChI=1S/C9H13F3N2O2/c1-8(2)7(15)13-6(14-8)3-4-16-5-9(10,11)12/h3-5H2,1-2H3,(H,13,14,15). The van der Waals surface area contributed by atoms with Crippen molar-refractivity contribution in [1.82, 2.24) is 5.32 Å². The van der Waals surface area contributed by atoms with E-state index in [1.165, 1.54) is 0 Å². The average Bonchev–Trinajstić information content (AvgIpc) is 2.33. The SMILES string of the molecule is CC1(C)N=C(CCOCC(F)(F)F)NC1=O. The molecule has 4 nitrogen and oxygen atoms in total. The molecule has 0 fully saturated rings. The van der Waals surface area contributed by atoms with Gasteiger partial charge in [0.2, 0.25) is 0 Å². The van der Waals surface area contributed by atoms with Crippen LogP contribution in [0.2, 0.25) is 0 Å². The predicted octanol–water partition coefficient (Wildman–Crippen LogP) is 1.26. The van der Waals surface area contributed by atoms with E-state index >= 15 is 0 Å². The molecule has 0 atom stereocenters. The number of carbonyl (C=O) groups is 1. The summed E-state index contributed by atoms with van der Waals surface area (Å²) < 4.78 is 39.6. The maximum Gasteiger partial charge on any atom is 0.411 e. The minimum Gasteiger partial charge on any atom is -0.372 e. The van der Waals surface area contributed by atoms with Gasteiger partial charge in [0.1, 0.15) is 18.0 Å². The number of nitrogens with one attached hydrogen (secondary N) is 1. The number of hydrogen-bond donors (Lipinski definition) is 1. The van der Waals surface area contributed by atoms with Crippen LogP contribution in [0.15, 0.2) is 4.99 Å². The number of amidine groups is 1. The van der Waals surface area contributed by atoms with Gasteiger partial charge in [0.05, 0.1) is 6.61 Å². The number of rotatable bonds is 4. The van der Waals surface area contributed by atoms with Crippen molar-refractivity contribution in [3.63, 3.8) is 0 Å². The van der Waals surface area contributed by atoms with E-state index in [1.54, 1.807) is 13.8 Å². The van der Waals surface area contributed by atoms with Gasteiger partial charge in [0.25, 0.3) is 5.91 Å². The van der Waals surface area contributed by atoms with Crippen LogP contribution in [0, 0.1) is 0 Å². The summed E-state index contributed by atoms with van der Waals surface area (Å²) >= 11 is 0. The minimum absolute atomic E-state index is 0.116. The van der Waals surface area contributed by atoms with Crippen LogP contribution >= 0.6 is 0 Å². The fourth-order valence-electron chi connectivity index (χ4n) is 1.18. The number of hydrogen-bond acceptors (Lipinski definition) is 3. The lowest BCUT2D eigenvalue weighted by atomic mass is 10.1. The Balaban J connectivity index is 2.28. The summed E-state index contributed by atoms with van der Waals surface area (Å²) in [5, 5.41) is 2.49. The Bertz CT molecular complexity index is 310. The molecule has 0 aromatic heterocycles. The maximum atomic E-state index is 11.7. The van der Waals surface area contributed by atoms with Crippen LogP contribution in [0.1, 0.15) is 20.3 Å². The molecule has 0 bridgehead atoms. The van der Waals surface area contributed by atoms with Gasteiger partial charge in [-0.1, -0.05) is 0 Å². The van der Waals surface area contributed by atoms with Crippen molar-refractivity contribution < 1.29 is 22.7 Å². The first-order valence-electron chi connectivity index (χ1n) is 4.75. The highest BCUT2D eigenvalue weighted by Gasteiger charge is 2.33. The Morgan fingerprint density at radius 1 is 1.44 bits per heavy atom. The molecule has 1 heterocycles.